The summed E-state index contributed by atoms with van der Waals surface area (Å²) in [5.74, 6) is 0.771. The molecule has 0 spiro atoms. The Morgan fingerprint density at radius 3 is 2.80 bits per heavy atom. The monoisotopic (exact) mass is 294 g/mol. The molecule has 0 aliphatic carbocycles. The molecule has 2 atom stereocenters. The van der Waals surface area contributed by atoms with Crippen LogP contribution in [0.5, 0.6) is 0 Å². The van der Waals surface area contributed by atoms with Crippen molar-refractivity contribution in [2.75, 3.05) is 19.6 Å². The van der Waals surface area contributed by atoms with Crippen LogP contribution >= 0.6 is 11.3 Å². The Balaban J connectivity index is 1.99. The first-order valence-electron chi connectivity index (χ1n) is 7.90. The molecule has 0 amide bonds. The average Bonchev–Trinajstić information content (AvgIpc) is 2.87. The first kappa shape index (κ1) is 16.0. The molecule has 3 heteroatoms. The lowest BCUT2D eigenvalue weighted by atomic mass is 9.89. The average molecular weight is 295 g/mol. The summed E-state index contributed by atoms with van der Waals surface area (Å²) < 4.78 is 0. The molecule has 0 bridgehead atoms. The van der Waals surface area contributed by atoms with Crippen molar-refractivity contribution in [3.05, 3.63) is 22.4 Å². The van der Waals surface area contributed by atoms with Gasteiger partial charge in [0.05, 0.1) is 0 Å². The standard InChI is InChI=1S/C17H30N2S/c1-13(2)9-15-11-19(14(3)10-18-15)12-17(4,5)16-7-6-8-20-16/h6-8,13-15,18H,9-12H2,1-5H3. The molecule has 114 valence electrons. The molecule has 1 N–H and O–H groups in total. The van der Waals surface area contributed by atoms with Gasteiger partial charge in [-0.05, 0) is 30.7 Å². The maximum Gasteiger partial charge on any atom is 0.0198 e. The van der Waals surface area contributed by atoms with Crippen LogP contribution in [-0.2, 0) is 5.41 Å². The number of thiophene rings is 1. The van der Waals surface area contributed by atoms with Crippen LogP contribution in [0.4, 0.5) is 0 Å². The molecule has 1 aliphatic rings. The van der Waals surface area contributed by atoms with Crippen LogP contribution in [0.15, 0.2) is 17.5 Å². The Labute approximate surface area is 128 Å². The highest BCUT2D eigenvalue weighted by atomic mass is 32.1. The van der Waals surface area contributed by atoms with Crippen molar-refractivity contribution in [2.45, 2.75) is 58.5 Å². The maximum atomic E-state index is 3.71. The van der Waals surface area contributed by atoms with E-state index >= 15 is 0 Å². The second-order valence-corrected chi connectivity index (χ2v) is 8.32. The van der Waals surface area contributed by atoms with Gasteiger partial charge < -0.3 is 5.32 Å². The normalized spacial score (nSPS) is 25.3. The summed E-state index contributed by atoms with van der Waals surface area (Å²) >= 11 is 1.89. The summed E-state index contributed by atoms with van der Waals surface area (Å²) in [5.41, 5.74) is 0.252. The second-order valence-electron chi connectivity index (χ2n) is 7.37. The first-order chi connectivity index (χ1) is 9.38. The predicted octanol–water partition coefficient (Wildman–Crippen LogP) is 3.73. The third-order valence-corrected chi connectivity index (χ3v) is 5.56. The van der Waals surface area contributed by atoms with E-state index in [1.807, 2.05) is 11.3 Å². The Bertz CT molecular complexity index is 397. The van der Waals surface area contributed by atoms with E-state index in [1.165, 1.54) is 17.8 Å². The fourth-order valence-electron chi connectivity index (χ4n) is 3.19. The van der Waals surface area contributed by atoms with Gasteiger partial charge in [0.1, 0.15) is 0 Å². The Morgan fingerprint density at radius 1 is 1.45 bits per heavy atom. The highest BCUT2D eigenvalue weighted by Gasteiger charge is 2.31. The Hall–Kier alpha value is -0.380. The molecule has 2 unspecified atom stereocenters. The molecule has 20 heavy (non-hydrogen) atoms. The van der Waals surface area contributed by atoms with Gasteiger partial charge in [0.25, 0.3) is 0 Å². The van der Waals surface area contributed by atoms with Gasteiger partial charge in [0, 0.05) is 42.0 Å². The van der Waals surface area contributed by atoms with Crippen molar-refractivity contribution in [3.63, 3.8) is 0 Å². The first-order valence-corrected chi connectivity index (χ1v) is 8.78. The van der Waals surface area contributed by atoms with Gasteiger partial charge in [0.15, 0.2) is 0 Å². The summed E-state index contributed by atoms with van der Waals surface area (Å²) in [6, 6.07) is 5.75. The number of hydrogen-bond acceptors (Lipinski definition) is 3. The summed E-state index contributed by atoms with van der Waals surface area (Å²) in [6.45, 7) is 15.2. The van der Waals surface area contributed by atoms with Crippen molar-refractivity contribution >= 4 is 11.3 Å². The predicted molar refractivity (Wildman–Crippen MR) is 89.6 cm³/mol. The maximum absolute atomic E-state index is 3.71. The zero-order valence-electron chi connectivity index (χ0n) is 13.6. The molecule has 2 nitrogen and oxygen atoms in total. The summed E-state index contributed by atoms with van der Waals surface area (Å²) in [4.78, 5) is 4.19. The lowest BCUT2D eigenvalue weighted by molar-refractivity contribution is 0.110. The zero-order chi connectivity index (χ0) is 14.8. The Kier molecular flexibility index (Phi) is 5.27. The van der Waals surface area contributed by atoms with Crippen molar-refractivity contribution in [1.29, 1.82) is 0 Å². The van der Waals surface area contributed by atoms with Gasteiger partial charge in [-0.15, -0.1) is 11.3 Å². The molecule has 1 aliphatic heterocycles. The highest BCUT2D eigenvalue weighted by Crippen LogP contribution is 2.29. The van der Waals surface area contributed by atoms with E-state index in [2.05, 4.69) is 62.3 Å². The quantitative estimate of drug-likeness (QED) is 0.890. The van der Waals surface area contributed by atoms with Gasteiger partial charge in [-0.3, -0.25) is 4.90 Å². The molecule has 1 aromatic heterocycles. The van der Waals surface area contributed by atoms with E-state index in [4.69, 9.17) is 0 Å². The van der Waals surface area contributed by atoms with Crippen LogP contribution < -0.4 is 5.32 Å². The van der Waals surface area contributed by atoms with Gasteiger partial charge in [0.2, 0.25) is 0 Å². The number of nitrogens with zero attached hydrogens (tertiary/aromatic N) is 1. The fourth-order valence-corrected chi connectivity index (χ4v) is 4.03. The van der Waals surface area contributed by atoms with E-state index in [-0.39, 0.29) is 5.41 Å². The van der Waals surface area contributed by atoms with Gasteiger partial charge >= 0.3 is 0 Å². The number of hydrogen-bond donors (Lipinski definition) is 1. The summed E-state index contributed by atoms with van der Waals surface area (Å²) in [5, 5.41) is 5.91. The summed E-state index contributed by atoms with van der Waals surface area (Å²) in [7, 11) is 0. The zero-order valence-corrected chi connectivity index (χ0v) is 14.5. The molecule has 1 fully saturated rings. The van der Waals surface area contributed by atoms with Crippen molar-refractivity contribution in [2.24, 2.45) is 5.92 Å². The fraction of sp³-hybridized carbons (Fsp3) is 0.765. The largest absolute Gasteiger partial charge is 0.311 e. The van der Waals surface area contributed by atoms with Crippen LogP contribution in [0, 0.1) is 5.92 Å². The lowest BCUT2D eigenvalue weighted by Gasteiger charge is -2.43. The highest BCUT2D eigenvalue weighted by molar-refractivity contribution is 7.10. The number of rotatable bonds is 5. The SMILES string of the molecule is CC(C)CC1CN(CC(C)(C)c2cccs2)C(C)CN1. The topological polar surface area (TPSA) is 15.3 Å². The molecule has 2 rings (SSSR count). The molecule has 0 aromatic carbocycles. The molecule has 1 aromatic rings. The minimum atomic E-state index is 0.252. The lowest BCUT2D eigenvalue weighted by Crippen LogP contribution is -2.57. The third-order valence-electron chi connectivity index (χ3n) is 4.32. The molecular weight excluding hydrogens is 264 g/mol. The summed E-state index contributed by atoms with van der Waals surface area (Å²) in [6.07, 6.45) is 1.28. The van der Waals surface area contributed by atoms with E-state index in [0.29, 0.717) is 12.1 Å². The molecular formula is C17H30N2S. The number of nitrogens with one attached hydrogen (secondary N) is 1. The molecule has 0 saturated carbocycles. The molecule has 0 radical (unpaired) electrons. The van der Waals surface area contributed by atoms with Crippen molar-refractivity contribution in [1.82, 2.24) is 10.2 Å². The number of piperazine rings is 1. The Morgan fingerprint density at radius 2 is 2.20 bits per heavy atom. The van der Waals surface area contributed by atoms with Crippen LogP contribution in [0.3, 0.4) is 0 Å². The van der Waals surface area contributed by atoms with Gasteiger partial charge in [-0.1, -0.05) is 33.8 Å². The second kappa shape index (κ2) is 6.59. The van der Waals surface area contributed by atoms with Crippen LogP contribution in [-0.4, -0.2) is 36.6 Å². The van der Waals surface area contributed by atoms with Crippen LogP contribution in [0.2, 0.25) is 0 Å². The minimum Gasteiger partial charge on any atom is -0.311 e. The minimum absolute atomic E-state index is 0.252. The van der Waals surface area contributed by atoms with Crippen LogP contribution in [0.1, 0.15) is 45.9 Å². The van der Waals surface area contributed by atoms with Crippen LogP contribution in [0.25, 0.3) is 0 Å². The van der Waals surface area contributed by atoms with E-state index in [1.54, 1.807) is 0 Å². The van der Waals surface area contributed by atoms with E-state index < -0.39 is 0 Å². The van der Waals surface area contributed by atoms with E-state index in [0.717, 1.165) is 19.0 Å². The van der Waals surface area contributed by atoms with Gasteiger partial charge in [-0.25, -0.2) is 0 Å². The smallest absolute Gasteiger partial charge is 0.0198 e. The van der Waals surface area contributed by atoms with Gasteiger partial charge in [-0.2, -0.15) is 0 Å². The van der Waals surface area contributed by atoms with Crippen molar-refractivity contribution in [3.8, 4) is 0 Å². The molecule has 1 saturated heterocycles. The van der Waals surface area contributed by atoms with Crippen molar-refractivity contribution < 1.29 is 0 Å². The molecule has 2 heterocycles. The van der Waals surface area contributed by atoms with E-state index in [9.17, 15) is 0 Å². The third kappa shape index (κ3) is 4.06.